The molecule has 0 spiro atoms. The van der Waals surface area contributed by atoms with Crippen LogP contribution in [-0.4, -0.2) is 36.2 Å². The van der Waals surface area contributed by atoms with Gasteiger partial charge >= 0.3 is 0 Å². The molecule has 9 heteroatoms. The highest BCUT2D eigenvalue weighted by molar-refractivity contribution is 7.00. The maximum Gasteiger partial charge on any atom is 0.252 e. The fourth-order valence-corrected chi connectivity index (χ4v) is 13.6. The average molecular weight is 1150 g/mol. The molecule has 2 aliphatic rings. The third kappa shape index (κ3) is 8.97. The average Bonchev–Trinajstić information content (AvgIpc) is 0.771. The minimum Gasteiger partial charge on any atom is -0.311 e. The third-order valence-electron chi connectivity index (χ3n) is 17.7. The predicted octanol–water partition coefficient (Wildman–Crippen LogP) is 18.1. The summed E-state index contributed by atoms with van der Waals surface area (Å²) in [6.45, 7) is 4.37. The van der Waals surface area contributed by atoms with Gasteiger partial charge in [-0.1, -0.05) is 211 Å². The Bertz CT molecular complexity index is 5190. The van der Waals surface area contributed by atoms with Gasteiger partial charge in [0.2, 0.25) is 0 Å². The molecule has 3 aromatic heterocycles. The molecule has 17 rings (SSSR count). The normalized spacial score (nSPS) is 12.3. The van der Waals surface area contributed by atoms with Crippen LogP contribution in [0.4, 0.5) is 34.1 Å². The number of hydrogen-bond acceptors (Lipinski definition) is 7. The first-order valence-electron chi connectivity index (χ1n) is 30.6. The van der Waals surface area contributed by atoms with E-state index in [1.807, 2.05) is 54.6 Å². The van der Waals surface area contributed by atoms with Crippen LogP contribution in [0.3, 0.4) is 0 Å². The van der Waals surface area contributed by atoms with Crippen molar-refractivity contribution in [3.8, 4) is 84.9 Å². The van der Waals surface area contributed by atoms with Crippen molar-refractivity contribution in [1.29, 1.82) is 0 Å². The molecular weight excluding hydrogens is 1100 g/mol. The molecule has 12 aromatic carbocycles. The van der Waals surface area contributed by atoms with Crippen molar-refractivity contribution in [3.05, 3.63) is 308 Å². The number of aryl methyl sites for hydroxylation is 2. The number of fused-ring (bicyclic) bond motifs is 7. The first kappa shape index (κ1) is 52.5. The predicted molar refractivity (Wildman–Crippen MR) is 371 cm³/mol. The van der Waals surface area contributed by atoms with Crippen LogP contribution in [0, 0.1) is 13.8 Å². The largest absolute Gasteiger partial charge is 0.311 e. The molecule has 2 aliphatic heterocycles. The Morgan fingerprint density at radius 3 is 1.34 bits per heavy atom. The monoisotopic (exact) mass is 1150 g/mol. The van der Waals surface area contributed by atoms with Crippen molar-refractivity contribution in [1.82, 2.24) is 29.5 Å². The minimum atomic E-state index is 0.0482. The molecule has 0 saturated carbocycles. The maximum atomic E-state index is 5.59. The molecule has 0 amide bonds. The lowest BCUT2D eigenvalue weighted by molar-refractivity contribution is 1.06. The van der Waals surface area contributed by atoms with E-state index in [4.69, 9.17) is 24.9 Å². The van der Waals surface area contributed by atoms with Crippen molar-refractivity contribution < 1.29 is 0 Å². The van der Waals surface area contributed by atoms with Gasteiger partial charge in [-0.15, -0.1) is 0 Å². The topological polar surface area (TPSA) is 75.9 Å². The molecule has 90 heavy (non-hydrogen) atoms. The number of rotatable bonds is 10. The van der Waals surface area contributed by atoms with Gasteiger partial charge in [0, 0.05) is 78.3 Å². The zero-order valence-electron chi connectivity index (χ0n) is 49.4. The van der Waals surface area contributed by atoms with E-state index in [9.17, 15) is 0 Å². The summed E-state index contributed by atoms with van der Waals surface area (Å²) < 4.78 is 2.37. The summed E-state index contributed by atoms with van der Waals surface area (Å²) in [7, 11) is 0. The molecule has 0 unspecified atom stereocenters. The van der Waals surface area contributed by atoms with Gasteiger partial charge in [0.05, 0.1) is 28.1 Å². The van der Waals surface area contributed by atoms with Gasteiger partial charge in [-0.25, -0.2) is 24.9 Å². The Morgan fingerprint density at radius 2 is 0.722 bits per heavy atom. The zero-order chi connectivity index (χ0) is 59.8. The van der Waals surface area contributed by atoms with Gasteiger partial charge in [0.25, 0.3) is 6.71 Å². The fourth-order valence-electron chi connectivity index (χ4n) is 13.6. The van der Waals surface area contributed by atoms with Crippen molar-refractivity contribution in [3.63, 3.8) is 0 Å². The molecule has 0 saturated heterocycles. The third-order valence-corrected chi connectivity index (χ3v) is 17.7. The van der Waals surface area contributed by atoms with Crippen LogP contribution < -0.4 is 26.2 Å². The van der Waals surface area contributed by atoms with Gasteiger partial charge < -0.3 is 14.4 Å². The van der Waals surface area contributed by atoms with Crippen LogP contribution >= 0.6 is 0 Å². The SMILES string of the molecule is Cc1ccc2c(c1)c1cc(C)ccc1n2-c1ccc(-c2cc(-c3ccccc3)nc(-c3ccccc3)n2)cc1-c1nc(-c2ccccc2)nc(-c2cccc(-c3cccc(N4c5ccccc5B5c6ccccc6N(c6ccccc6)c6cccc4c65)c3)c2)n1. The number of benzene rings is 12. The van der Waals surface area contributed by atoms with E-state index < -0.39 is 0 Å². The number of hydrogen-bond donors (Lipinski definition) is 0. The van der Waals surface area contributed by atoms with E-state index >= 15 is 0 Å². The van der Waals surface area contributed by atoms with Crippen LogP contribution in [0.15, 0.2) is 297 Å². The molecule has 5 heterocycles. The molecule has 0 atom stereocenters. The summed E-state index contributed by atoms with van der Waals surface area (Å²) in [6, 6.07) is 106. The number of nitrogens with zero attached hydrogens (tertiary/aromatic N) is 8. The molecule has 0 radical (unpaired) electrons. The Hall–Kier alpha value is -11.8. The number of anilines is 6. The molecule has 422 valence electrons. The minimum absolute atomic E-state index is 0.0482. The van der Waals surface area contributed by atoms with Gasteiger partial charge in [-0.05, 0) is 138 Å². The van der Waals surface area contributed by atoms with Crippen molar-refractivity contribution in [2.75, 3.05) is 9.80 Å². The van der Waals surface area contributed by atoms with Gasteiger partial charge in [-0.2, -0.15) is 0 Å². The van der Waals surface area contributed by atoms with Crippen LogP contribution in [-0.2, 0) is 0 Å². The summed E-state index contributed by atoms with van der Waals surface area (Å²) in [4.78, 5) is 31.8. The summed E-state index contributed by atoms with van der Waals surface area (Å²) in [6.07, 6.45) is 0. The van der Waals surface area contributed by atoms with Crippen LogP contribution in [0.25, 0.3) is 107 Å². The van der Waals surface area contributed by atoms with Crippen molar-refractivity contribution in [2.24, 2.45) is 0 Å². The van der Waals surface area contributed by atoms with Crippen molar-refractivity contribution in [2.45, 2.75) is 13.8 Å². The Morgan fingerprint density at radius 1 is 0.278 bits per heavy atom. The molecule has 0 aliphatic carbocycles. The Labute approximate surface area is 522 Å². The molecule has 0 N–H and O–H groups in total. The van der Waals surface area contributed by atoms with Gasteiger partial charge in [0.15, 0.2) is 23.3 Å². The standard InChI is InChI=1S/C81H55BN8/c1-52-40-43-70-63(46-52)64-47-53(2)41-44-71(64)90(70)72-45-42-59(69-51-68(54-22-7-3-8-23-54)83-78(84-69)55-24-9-4-10-25-55)50-65(72)81-86-79(56-26-11-5-12-27-56)85-80(87-81)60-30-19-28-57(48-60)58-29-20-33-62(49-58)89-74-37-18-16-35-67(74)82-66-34-15-17-36-73(66)88(61-31-13-6-14-32-61)75-38-21-39-76(89)77(75)82/h3-51H,1-2H3. The van der Waals surface area contributed by atoms with E-state index in [0.717, 1.165) is 95.4 Å². The Balaban J connectivity index is 0.835. The lowest BCUT2D eigenvalue weighted by Crippen LogP contribution is -2.61. The molecule has 0 fully saturated rings. The quantitative estimate of drug-likeness (QED) is 0.126. The van der Waals surface area contributed by atoms with Crippen LogP contribution in [0.2, 0.25) is 0 Å². The smallest absolute Gasteiger partial charge is 0.252 e. The molecule has 0 bridgehead atoms. The number of aromatic nitrogens is 6. The summed E-state index contributed by atoms with van der Waals surface area (Å²) in [5.41, 5.74) is 25.3. The number of para-hydroxylation sites is 3. The molecule has 8 nitrogen and oxygen atoms in total. The highest BCUT2D eigenvalue weighted by Gasteiger charge is 2.43. The van der Waals surface area contributed by atoms with Crippen molar-refractivity contribution >= 4 is 79.0 Å². The first-order valence-corrected chi connectivity index (χ1v) is 30.6. The van der Waals surface area contributed by atoms with E-state index in [0.29, 0.717) is 23.3 Å². The second-order valence-corrected chi connectivity index (χ2v) is 23.4. The van der Waals surface area contributed by atoms with Crippen LogP contribution in [0.5, 0.6) is 0 Å². The second-order valence-electron chi connectivity index (χ2n) is 23.4. The van der Waals surface area contributed by atoms with Gasteiger partial charge in [-0.3, -0.25) is 0 Å². The lowest BCUT2D eigenvalue weighted by atomic mass is 9.33. The molecular formula is C81H55BN8. The zero-order valence-corrected chi connectivity index (χ0v) is 49.4. The summed E-state index contributed by atoms with van der Waals surface area (Å²) in [5.74, 6) is 2.28. The first-order chi connectivity index (χ1) is 44.4. The highest BCUT2D eigenvalue weighted by atomic mass is 15.2. The van der Waals surface area contributed by atoms with E-state index in [1.165, 1.54) is 49.7 Å². The van der Waals surface area contributed by atoms with Crippen LogP contribution in [0.1, 0.15) is 11.1 Å². The maximum absolute atomic E-state index is 5.59. The lowest BCUT2D eigenvalue weighted by Gasteiger charge is -2.44. The van der Waals surface area contributed by atoms with E-state index in [-0.39, 0.29) is 6.71 Å². The summed E-state index contributed by atoms with van der Waals surface area (Å²) >= 11 is 0. The van der Waals surface area contributed by atoms with E-state index in [1.54, 1.807) is 0 Å². The highest BCUT2D eigenvalue weighted by Crippen LogP contribution is 2.45. The second kappa shape index (κ2) is 21.6. The Kier molecular flexibility index (Phi) is 12.6. The fraction of sp³-hybridized carbons (Fsp3) is 0.0247. The molecule has 15 aromatic rings. The van der Waals surface area contributed by atoms with E-state index in [2.05, 4.69) is 271 Å². The summed E-state index contributed by atoms with van der Waals surface area (Å²) in [5, 5.41) is 2.36. The van der Waals surface area contributed by atoms with Gasteiger partial charge in [0.1, 0.15) is 0 Å².